The monoisotopic (exact) mass is 433 g/mol. The molecule has 6 heteroatoms. The minimum atomic E-state index is -0.156. The number of aromatic nitrogens is 3. The summed E-state index contributed by atoms with van der Waals surface area (Å²) in [5.74, 6) is 0. The van der Waals surface area contributed by atoms with Crippen molar-refractivity contribution in [1.29, 1.82) is 5.26 Å². The molecule has 33 heavy (non-hydrogen) atoms. The zero-order chi connectivity index (χ0) is 22.9. The molecule has 2 aromatic heterocycles. The molecular formula is C27H23N5O. The van der Waals surface area contributed by atoms with Crippen LogP contribution in [0.1, 0.15) is 24.1 Å². The third-order valence-electron chi connectivity index (χ3n) is 6.06. The van der Waals surface area contributed by atoms with E-state index in [2.05, 4.69) is 10.6 Å². The second-order valence-electron chi connectivity index (χ2n) is 8.21. The topological polar surface area (TPSA) is 89.6 Å². The summed E-state index contributed by atoms with van der Waals surface area (Å²) in [6, 6.07) is 25.2. The fraction of sp³-hybridized carbons (Fsp3) is 0.148. The molecular weight excluding hydrogens is 410 g/mol. The normalized spacial score (nSPS) is 12.2. The Bertz CT molecular complexity index is 1570. The van der Waals surface area contributed by atoms with Gasteiger partial charge in [-0.2, -0.15) is 5.26 Å². The van der Waals surface area contributed by atoms with Gasteiger partial charge in [0, 0.05) is 41.8 Å². The highest BCUT2D eigenvalue weighted by atomic mass is 16.1. The Morgan fingerprint density at radius 1 is 1.00 bits per heavy atom. The van der Waals surface area contributed by atoms with E-state index in [9.17, 15) is 4.79 Å². The van der Waals surface area contributed by atoms with E-state index in [0.717, 1.165) is 33.1 Å². The molecule has 2 heterocycles. The van der Waals surface area contributed by atoms with Crippen molar-refractivity contribution in [2.24, 2.45) is 5.73 Å². The maximum atomic E-state index is 13.7. The molecule has 1 atom stereocenters. The Morgan fingerprint density at radius 2 is 1.70 bits per heavy atom. The summed E-state index contributed by atoms with van der Waals surface area (Å²) < 4.78 is 3.88. The summed E-state index contributed by atoms with van der Waals surface area (Å²) in [6.45, 7) is 2.92. The van der Waals surface area contributed by atoms with Crippen LogP contribution in [0.3, 0.4) is 0 Å². The molecule has 5 aromatic rings. The first kappa shape index (κ1) is 20.7. The highest BCUT2D eigenvalue weighted by Crippen LogP contribution is 2.30. The predicted molar refractivity (Wildman–Crippen MR) is 131 cm³/mol. The molecule has 2 N–H and O–H groups in total. The van der Waals surface area contributed by atoms with E-state index in [4.69, 9.17) is 16.0 Å². The third-order valence-corrected chi connectivity index (χ3v) is 6.06. The van der Waals surface area contributed by atoms with Crippen molar-refractivity contribution in [2.45, 2.75) is 19.5 Å². The van der Waals surface area contributed by atoms with Gasteiger partial charge in [0.15, 0.2) is 0 Å². The average molecular weight is 434 g/mol. The zero-order valence-corrected chi connectivity index (χ0v) is 18.3. The maximum Gasteiger partial charge on any atom is 0.277 e. The SMILES string of the molecule is CC(CN)n1c(=O)c(-c2cn(Cc3ccc(C#N)cc3)c3ccccc23)nc2ccccc21. The van der Waals surface area contributed by atoms with Crippen LogP contribution in [0.4, 0.5) is 0 Å². The molecule has 3 aromatic carbocycles. The van der Waals surface area contributed by atoms with Gasteiger partial charge < -0.3 is 14.9 Å². The molecule has 0 aliphatic rings. The van der Waals surface area contributed by atoms with Crippen molar-refractivity contribution in [3.8, 4) is 17.3 Å². The maximum absolute atomic E-state index is 13.7. The van der Waals surface area contributed by atoms with Crippen LogP contribution in [0.5, 0.6) is 0 Å². The molecule has 0 aliphatic carbocycles. The van der Waals surface area contributed by atoms with Crippen LogP contribution in [-0.4, -0.2) is 20.7 Å². The van der Waals surface area contributed by atoms with Gasteiger partial charge in [0.05, 0.1) is 22.7 Å². The molecule has 0 saturated heterocycles. The summed E-state index contributed by atoms with van der Waals surface area (Å²) in [7, 11) is 0. The zero-order valence-electron chi connectivity index (χ0n) is 18.3. The van der Waals surface area contributed by atoms with Gasteiger partial charge in [0.1, 0.15) is 5.69 Å². The number of rotatable bonds is 5. The van der Waals surface area contributed by atoms with E-state index < -0.39 is 0 Å². The Kier molecular flexibility index (Phi) is 5.25. The first-order valence-electron chi connectivity index (χ1n) is 10.9. The summed E-state index contributed by atoms with van der Waals surface area (Å²) >= 11 is 0. The molecule has 0 aliphatic heterocycles. The molecule has 6 nitrogen and oxygen atoms in total. The summed E-state index contributed by atoms with van der Waals surface area (Å²) in [4.78, 5) is 18.5. The highest BCUT2D eigenvalue weighted by molar-refractivity contribution is 5.96. The number of para-hydroxylation sites is 3. The standard InChI is InChI=1S/C27H23N5O/c1-18(14-28)32-25-9-5-3-7-23(25)30-26(27(32)33)22-17-31(24-8-4-2-6-21(22)24)16-20-12-10-19(15-29)11-13-20/h2-13,17-18H,14,16,28H2,1H3. The van der Waals surface area contributed by atoms with E-state index in [1.165, 1.54) is 0 Å². The van der Waals surface area contributed by atoms with Gasteiger partial charge >= 0.3 is 0 Å². The number of hydrogen-bond donors (Lipinski definition) is 1. The summed E-state index contributed by atoms with van der Waals surface area (Å²) in [5, 5.41) is 10.0. The van der Waals surface area contributed by atoms with Crippen molar-refractivity contribution in [1.82, 2.24) is 14.1 Å². The fourth-order valence-electron chi connectivity index (χ4n) is 4.32. The molecule has 5 rings (SSSR count). The Balaban J connectivity index is 1.72. The molecule has 0 saturated carbocycles. The number of benzene rings is 3. The minimum Gasteiger partial charge on any atom is -0.342 e. The van der Waals surface area contributed by atoms with Crippen molar-refractivity contribution >= 4 is 21.9 Å². The van der Waals surface area contributed by atoms with Crippen LogP contribution < -0.4 is 11.3 Å². The molecule has 0 fully saturated rings. The second kappa shape index (κ2) is 8.38. The van der Waals surface area contributed by atoms with Gasteiger partial charge in [-0.1, -0.05) is 42.5 Å². The number of nitrogens with two attached hydrogens (primary N) is 1. The summed E-state index contributed by atoms with van der Waals surface area (Å²) in [5.41, 5.74) is 11.3. The first-order chi connectivity index (χ1) is 16.1. The lowest BCUT2D eigenvalue weighted by atomic mass is 10.1. The lowest BCUT2D eigenvalue weighted by molar-refractivity contribution is 0.558. The van der Waals surface area contributed by atoms with Crippen molar-refractivity contribution < 1.29 is 0 Å². The molecule has 0 amide bonds. The molecule has 162 valence electrons. The minimum absolute atomic E-state index is 0.145. The van der Waals surface area contributed by atoms with Crippen molar-refractivity contribution in [3.63, 3.8) is 0 Å². The van der Waals surface area contributed by atoms with Crippen LogP contribution in [0, 0.1) is 11.3 Å². The smallest absolute Gasteiger partial charge is 0.277 e. The number of nitriles is 1. The van der Waals surface area contributed by atoms with Gasteiger partial charge in [0.25, 0.3) is 5.56 Å². The van der Waals surface area contributed by atoms with Crippen LogP contribution in [0.25, 0.3) is 33.2 Å². The highest BCUT2D eigenvalue weighted by Gasteiger charge is 2.19. The van der Waals surface area contributed by atoms with Gasteiger partial charge in [-0.15, -0.1) is 0 Å². The van der Waals surface area contributed by atoms with Crippen molar-refractivity contribution in [2.75, 3.05) is 6.54 Å². The van der Waals surface area contributed by atoms with E-state index in [1.807, 2.05) is 85.9 Å². The van der Waals surface area contributed by atoms with Crippen LogP contribution >= 0.6 is 0 Å². The van der Waals surface area contributed by atoms with Gasteiger partial charge in [-0.05, 0) is 42.8 Å². The Morgan fingerprint density at radius 3 is 2.42 bits per heavy atom. The lowest BCUT2D eigenvalue weighted by Gasteiger charge is -2.17. The predicted octanol–water partition coefficient (Wildman–Crippen LogP) is 4.46. The quantitative estimate of drug-likeness (QED) is 0.443. The molecule has 0 spiro atoms. The number of hydrogen-bond acceptors (Lipinski definition) is 4. The molecule has 1 unspecified atom stereocenters. The van der Waals surface area contributed by atoms with Crippen LogP contribution in [-0.2, 0) is 6.54 Å². The third kappa shape index (κ3) is 3.59. The second-order valence-corrected chi connectivity index (χ2v) is 8.21. The van der Waals surface area contributed by atoms with Crippen molar-refractivity contribution in [3.05, 3.63) is 100 Å². The average Bonchev–Trinajstić information content (AvgIpc) is 3.22. The van der Waals surface area contributed by atoms with Gasteiger partial charge in [0.2, 0.25) is 0 Å². The molecule has 0 radical (unpaired) electrons. The van der Waals surface area contributed by atoms with E-state index in [0.29, 0.717) is 24.3 Å². The summed E-state index contributed by atoms with van der Waals surface area (Å²) in [6.07, 6.45) is 2.00. The fourth-order valence-corrected chi connectivity index (χ4v) is 4.32. The van der Waals surface area contributed by atoms with Gasteiger partial charge in [-0.25, -0.2) is 4.98 Å². The van der Waals surface area contributed by atoms with E-state index in [1.54, 1.807) is 4.57 Å². The Hall–Kier alpha value is -4.21. The number of nitrogens with zero attached hydrogens (tertiary/aromatic N) is 4. The van der Waals surface area contributed by atoms with Crippen LogP contribution in [0.15, 0.2) is 83.8 Å². The first-order valence-corrected chi connectivity index (χ1v) is 10.9. The molecule has 0 bridgehead atoms. The van der Waals surface area contributed by atoms with E-state index in [-0.39, 0.29) is 11.6 Å². The van der Waals surface area contributed by atoms with Gasteiger partial charge in [-0.3, -0.25) is 4.79 Å². The number of fused-ring (bicyclic) bond motifs is 2. The van der Waals surface area contributed by atoms with Crippen LogP contribution in [0.2, 0.25) is 0 Å². The largest absolute Gasteiger partial charge is 0.342 e. The Labute approximate surface area is 191 Å². The lowest BCUT2D eigenvalue weighted by Crippen LogP contribution is -2.30. The van der Waals surface area contributed by atoms with E-state index >= 15 is 0 Å².